The fraction of sp³-hybridized carbons (Fsp3) is 0.455. The van der Waals surface area contributed by atoms with E-state index < -0.39 is 0 Å². The number of carbonyl (C=O) groups excluding carboxylic acids is 1. The van der Waals surface area contributed by atoms with Crippen molar-refractivity contribution in [2.45, 2.75) is 65.0 Å². The second kappa shape index (κ2) is 7.46. The molecule has 3 aromatic rings. The van der Waals surface area contributed by atoms with Gasteiger partial charge in [-0.1, -0.05) is 30.8 Å². The van der Waals surface area contributed by atoms with Gasteiger partial charge >= 0.3 is 0 Å². The first kappa shape index (κ1) is 19.4. The van der Waals surface area contributed by atoms with E-state index in [-0.39, 0.29) is 23.6 Å². The van der Waals surface area contributed by atoms with Crippen LogP contribution in [0.4, 0.5) is 5.82 Å². The number of pyridine rings is 2. The van der Waals surface area contributed by atoms with Crippen LogP contribution < -0.4 is 21.2 Å². The minimum atomic E-state index is -0.220. The molecular formula is C22H28N5O2+. The predicted molar refractivity (Wildman–Crippen MR) is 113 cm³/mol. The Balaban J connectivity index is 1.98. The van der Waals surface area contributed by atoms with Crippen LogP contribution in [0.25, 0.3) is 16.7 Å². The Morgan fingerprint density at radius 2 is 2.10 bits per heavy atom. The summed E-state index contributed by atoms with van der Waals surface area (Å²) < 4.78 is 3.37. The second-order valence-corrected chi connectivity index (χ2v) is 8.11. The molecule has 3 N–H and O–H groups in total. The van der Waals surface area contributed by atoms with Gasteiger partial charge in [-0.15, -0.1) is 0 Å². The lowest BCUT2D eigenvalue weighted by Crippen LogP contribution is -2.45. The summed E-state index contributed by atoms with van der Waals surface area (Å²) in [5.74, 6) is 0.132. The van der Waals surface area contributed by atoms with Crippen LogP contribution >= 0.6 is 0 Å². The van der Waals surface area contributed by atoms with E-state index in [4.69, 9.17) is 10.7 Å². The number of hydrogen-bond acceptors (Lipinski definition) is 4. The summed E-state index contributed by atoms with van der Waals surface area (Å²) in [5, 5.41) is 3.49. The molecule has 3 aromatic heterocycles. The van der Waals surface area contributed by atoms with Crippen molar-refractivity contribution < 1.29 is 9.36 Å². The molecule has 29 heavy (non-hydrogen) atoms. The first-order valence-corrected chi connectivity index (χ1v) is 10.4. The standard InChI is InChI=1S/C22H27N5O2/c1-4-14(3)27-19(23)16(21(28)24-15-7-5-6-8-15)11-17-20(27)25-18-10-9-13(2)12-26(18)22(17)29/h9-12,14-15,23H,4-8H2,1-3H3,(H,24,28)/p+1/t14-/m0/s1. The van der Waals surface area contributed by atoms with Crippen molar-refractivity contribution in [2.75, 3.05) is 5.73 Å². The summed E-state index contributed by atoms with van der Waals surface area (Å²) in [6.45, 7) is 6.00. The van der Waals surface area contributed by atoms with Crippen LogP contribution in [-0.4, -0.2) is 21.3 Å². The molecule has 1 amide bonds. The Morgan fingerprint density at radius 3 is 2.79 bits per heavy atom. The average molecular weight is 394 g/mol. The van der Waals surface area contributed by atoms with Gasteiger partial charge in [0.05, 0.1) is 6.04 Å². The van der Waals surface area contributed by atoms with Crippen LogP contribution in [0.2, 0.25) is 0 Å². The molecule has 4 rings (SSSR count). The number of amides is 1. The van der Waals surface area contributed by atoms with E-state index in [1.54, 1.807) is 12.3 Å². The molecule has 0 bridgehead atoms. The summed E-state index contributed by atoms with van der Waals surface area (Å²) in [6.07, 6.45) is 6.79. The number of aromatic nitrogens is 3. The SMILES string of the molecule is CC[C@H](C)[n+]1c(N)c(C(=O)NC2CCCC2)cc2c(=O)n3cc(C)ccc3nc21. The highest BCUT2D eigenvalue weighted by molar-refractivity contribution is 6.00. The molecule has 0 radical (unpaired) electrons. The molecule has 1 fully saturated rings. The quantitative estimate of drug-likeness (QED) is 0.525. The summed E-state index contributed by atoms with van der Waals surface area (Å²) >= 11 is 0. The first-order valence-electron chi connectivity index (χ1n) is 10.4. The van der Waals surface area contributed by atoms with E-state index in [2.05, 4.69) is 5.32 Å². The topological polar surface area (TPSA) is 93.4 Å². The van der Waals surface area contributed by atoms with Crippen molar-refractivity contribution in [3.8, 4) is 0 Å². The van der Waals surface area contributed by atoms with Gasteiger partial charge in [-0.05, 0) is 50.8 Å². The number of rotatable bonds is 4. The van der Waals surface area contributed by atoms with E-state index >= 15 is 0 Å². The van der Waals surface area contributed by atoms with Gasteiger partial charge in [0, 0.05) is 12.2 Å². The molecule has 0 aliphatic heterocycles. The fourth-order valence-corrected chi connectivity index (χ4v) is 4.16. The number of nitrogens with one attached hydrogen (secondary N) is 1. The number of nitrogens with two attached hydrogens (primary N) is 1. The van der Waals surface area contributed by atoms with Crippen molar-refractivity contribution in [1.82, 2.24) is 14.7 Å². The van der Waals surface area contributed by atoms with E-state index in [1.807, 2.05) is 37.5 Å². The third-order valence-electron chi connectivity index (χ3n) is 6.00. The Morgan fingerprint density at radius 1 is 1.38 bits per heavy atom. The Labute approximate surface area is 169 Å². The molecule has 152 valence electrons. The maximum absolute atomic E-state index is 13.3. The molecule has 7 nitrogen and oxygen atoms in total. The largest absolute Gasteiger partial charge is 0.349 e. The number of carbonyl (C=O) groups is 1. The molecule has 0 saturated heterocycles. The number of nitrogen functional groups attached to an aromatic ring is 1. The molecule has 1 aliphatic carbocycles. The molecule has 1 saturated carbocycles. The first-order chi connectivity index (χ1) is 13.9. The minimum absolute atomic E-state index is 0.00321. The van der Waals surface area contributed by atoms with Gasteiger partial charge in [-0.2, -0.15) is 0 Å². The van der Waals surface area contributed by atoms with Crippen molar-refractivity contribution in [3.63, 3.8) is 0 Å². The lowest BCUT2D eigenvalue weighted by atomic mass is 10.1. The number of hydrogen-bond donors (Lipinski definition) is 2. The molecule has 1 aliphatic rings. The van der Waals surface area contributed by atoms with E-state index in [0.717, 1.165) is 37.7 Å². The van der Waals surface area contributed by atoms with Gasteiger partial charge in [0.25, 0.3) is 17.1 Å². The van der Waals surface area contributed by atoms with Crippen LogP contribution in [0.15, 0.2) is 29.2 Å². The smallest absolute Gasteiger partial charge is 0.278 e. The number of anilines is 1. The molecule has 0 spiro atoms. The molecule has 7 heteroatoms. The predicted octanol–water partition coefficient (Wildman–Crippen LogP) is 2.67. The highest BCUT2D eigenvalue weighted by Gasteiger charge is 2.28. The normalized spacial score (nSPS) is 15.8. The molecule has 1 atom stereocenters. The highest BCUT2D eigenvalue weighted by atomic mass is 16.2. The summed E-state index contributed by atoms with van der Waals surface area (Å²) in [7, 11) is 0. The molecule has 3 heterocycles. The Kier molecular flexibility index (Phi) is 4.98. The molecular weight excluding hydrogens is 366 g/mol. The third kappa shape index (κ3) is 3.34. The second-order valence-electron chi connectivity index (χ2n) is 8.11. The van der Waals surface area contributed by atoms with Crippen LogP contribution in [0.5, 0.6) is 0 Å². The molecule has 0 unspecified atom stereocenters. The zero-order valence-corrected chi connectivity index (χ0v) is 17.2. The maximum Gasteiger partial charge on any atom is 0.278 e. The number of aryl methyl sites for hydroxylation is 1. The Bertz CT molecular complexity index is 1160. The average Bonchev–Trinajstić information content (AvgIpc) is 3.21. The third-order valence-corrected chi connectivity index (χ3v) is 6.00. The number of nitrogens with zero attached hydrogens (tertiary/aromatic N) is 3. The van der Waals surface area contributed by atoms with Crippen molar-refractivity contribution >= 4 is 28.4 Å². The van der Waals surface area contributed by atoms with Crippen molar-refractivity contribution in [3.05, 3.63) is 45.9 Å². The summed E-state index contributed by atoms with van der Waals surface area (Å²) in [5.41, 5.74) is 8.67. The van der Waals surface area contributed by atoms with E-state index in [1.165, 1.54) is 4.40 Å². The van der Waals surface area contributed by atoms with Crippen LogP contribution in [-0.2, 0) is 0 Å². The van der Waals surface area contributed by atoms with E-state index in [9.17, 15) is 9.59 Å². The Hall–Kier alpha value is -2.96. The zero-order chi connectivity index (χ0) is 20.7. The van der Waals surface area contributed by atoms with Crippen molar-refractivity contribution in [1.29, 1.82) is 0 Å². The fourth-order valence-electron chi connectivity index (χ4n) is 4.16. The highest BCUT2D eigenvalue weighted by Crippen LogP contribution is 2.21. The van der Waals surface area contributed by atoms with Gasteiger partial charge in [0.15, 0.2) is 0 Å². The lowest BCUT2D eigenvalue weighted by Gasteiger charge is -2.17. The van der Waals surface area contributed by atoms with Gasteiger partial charge in [0.1, 0.15) is 10.9 Å². The molecule has 0 aromatic carbocycles. The van der Waals surface area contributed by atoms with Crippen LogP contribution in [0, 0.1) is 6.92 Å². The zero-order valence-electron chi connectivity index (χ0n) is 17.2. The monoisotopic (exact) mass is 394 g/mol. The van der Waals surface area contributed by atoms with Crippen LogP contribution in [0.3, 0.4) is 0 Å². The minimum Gasteiger partial charge on any atom is -0.349 e. The van der Waals surface area contributed by atoms with E-state index in [0.29, 0.717) is 28.1 Å². The van der Waals surface area contributed by atoms with Crippen molar-refractivity contribution in [2.24, 2.45) is 0 Å². The van der Waals surface area contributed by atoms with Gasteiger partial charge in [0.2, 0.25) is 11.5 Å². The van der Waals surface area contributed by atoms with Crippen LogP contribution in [0.1, 0.15) is 67.9 Å². The lowest BCUT2D eigenvalue weighted by molar-refractivity contribution is -0.683. The maximum atomic E-state index is 13.3. The summed E-state index contributed by atoms with van der Waals surface area (Å²) in [4.78, 5) is 31.0. The van der Waals surface area contributed by atoms with Gasteiger partial charge in [-0.3, -0.25) is 14.0 Å². The summed E-state index contributed by atoms with van der Waals surface area (Å²) in [6, 6.07) is 5.53. The van der Waals surface area contributed by atoms with Gasteiger partial charge in [-0.25, -0.2) is 4.57 Å². The number of fused-ring (bicyclic) bond motifs is 2. The van der Waals surface area contributed by atoms with Gasteiger partial charge < -0.3 is 11.1 Å².